The number of methoxy groups -OCH3 is 1. The molecule has 28 heavy (non-hydrogen) atoms. The highest BCUT2D eigenvalue weighted by Crippen LogP contribution is 2.34. The fourth-order valence-corrected chi connectivity index (χ4v) is 3.52. The van der Waals surface area contributed by atoms with E-state index < -0.39 is 16.8 Å². The molecule has 2 aromatic rings. The average Bonchev–Trinajstić information content (AvgIpc) is 2.96. The van der Waals surface area contributed by atoms with E-state index in [0.29, 0.717) is 5.56 Å². The molecule has 2 amide bonds. The summed E-state index contributed by atoms with van der Waals surface area (Å²) in [7, 11) is 1.19. The first-order valence-corrected chi connectivity index (χ1v) is 9.05. The van der Waals surface area contributed by atoms with Gasteiger partial charge in [0.25, 0.3) is 17.5 Å². The number of anilines is 1. The highest BCUT2D eigenvalue weighted by Gasteiger charge is 2.27. The zero-order valence-corrected chi connectivity index (χ0v) is 16.5. The van der Waals surface area contributed by atoms with Gasteiger partial charge < -0.3 is 15.4 Å². The van der Waals surface area contributed by atoms with Crippen LogP contribution in [0.25, 0.3) is 0 Å². The normalized spacial score (nSPS) is 10.5. The number of nitro groups is 1. The SMILES string of the molecule is COC(=O)c1c(NC(=O)c2cccc([N+](=O)[O-])c2)sc(C(=O)NC(C)C)c1C. The molecule has 0 saturated heterocycles. The molecule has 1 heterocycles. The number of rotatable bonds is 6. The number of thiophene rings is 1. The van der Waals surface area contributed by atoms with Crippen LogP contribution in [-0.4, -0.2) is 35.9 Å². The van der Waals surface area contributed by atoms with Crippen LogP contribution in [0.5, 0.6) is 0 Å². The molecular formula is C18H19N3O6S. The summed E-state index contributed by atoms with van der Waals surface area (Å²) in [6.45, 7) is 5.18. The molecule has 1 aromatic carbocycles. The number of hydrogen-bond acceptors (Lipinski definition) is 7. The standard InChI is InChI=1S/C18H19N3O6S/c1-9(2)19-16(23)14-10(3)13(18(24)27-4)17(28-14)20-15(22)11-6-5-7-12(8-11)21(25)26/h5-9H,1-4H3,(H,19,23)(H,20,22). The summed E-state index contributed by atoms with van der Waals surface area (Å²) in [6.07, 6.45) is 0. The minimum Gasteiger partial charge on any atom is -0.465 e. The Morgan fingerprint density at radius 2 is 1.89 bits per heavy atom. The maximum atomic E-state index is 12.5. The fourth-order valence-electron chi connectivity index (χ4n) is 2.43. The molecule has 0 saturated carbocycles. The number of nitro benzene ring substituents is 1. The van der Waals surface area contributed by atoms with Crippen LogP contribution in [0, 0.1) is 17.0 Å². The number of ether oxygens (including phenoxy) is 1. The van der Waals surface area contributed by atoms with E-state index in [1.165, 1.54) is 25.3 Å². The summed E-state index contributed by atoms with van der Waals surface area (Å²) in [5, 5.41) is 16.3. The van der Waals surface area contributed by atoms with Crippen molar-refractivity contribution in [1.82, 2.24) is 5.32 Å². The van der Waals surface area contributed by atoms with Crippen LogP contribution in [0.2, 0.25) is 0 Å². The van der Waals surface area contributed by atoms with Gasteiger partial charge in [-0.3, -0.25) is 19.7 Å². The van der Waals surface area contributed by atoms with Crippen molar-refractivity contribution in [2.75, 3.05) is 12.4 Å². The molecule has 0 spiro atoms. The van der Waals surface area contributed by atoms with E-state index in [4.69, 9.17) is 4.74 Å². The third-order valence-electron chi connectivity index (χ3n) is 3.71. The Morgan fingerprint density at radius 1 is 1.21 bits per heavy atom. The fraction of sp³-hybridized carbons (Fsp3) is 0.278. The number of esters is 1. The van der Waals surface area contributed by atoms with Gasteiger partial charge in [0, 0.05) is 23.7 Å². The summed E-state index contributed by atoms with van der Waals surface area (Å²) >= 11 is 0.935. The van der Waals surface area contributed by atoms with Crippen molar-refractivity contribution in [1.29, 1.82) is 0 Å². The van der Waals surface area contributed by atoms with Crippen LogP contribution in [0.15, 0.2) is 24.3 Å². The molecular weight excluding hydrogens is 386 g/mol. The molecule has 2 N–H and O–H groups in total. The molecule has 0 aliphatic heterocycles. The van der Waals surface area contributed by atoms with Gasteiger partial charge in [0.05, 0.1) is 22.5 Å². The average molecular weight is 405 g/mol. The van der Waals surface area contributed by atoms with Crippen LogP contribution in [0.1, 0.15) is 49.8 Å². The lowest BCUT2D eigenvalue weighted by Crippen LogP contribution is -2.29. The molecule has 2 rings (SSSR count). The number of carbonyl (C=O) groups excluding carboxylic acids is 3. The highest BCUT2D eigenvalue weighted by atomic mass is 32.1. The summed E-state index contributed by atoms with van der Waals surface area (Å²) < 4.78 is 4.77. The maximum Gasteiger partial charge on any atom is 0.341 e. The van der Waals surface area contributed by atoms with Crippen LogP contribution in [-0.2, 0) is 4.74 Å². The van der Waals surface area contributed by atoms with Gasteiger partial charge in [0.1, 0.15) is 5.00 Å². The van der Waals surface area contributed by atoms with E-state index in [1.807, 2.05) is 0 Å². The molecule has 10 heteroatoms. The number of amides is 2. The van der Waals surface area contributed by atoms with Gasteiger partial charge in [0.2, 0.25) is 0 Å². The number of benzene rings is 1. The molecule has 0 unspecified atom stereocenters. The molecule has 0 atom stereocenters. The van der Waals surface area contributed by atoms with Gasteiger partial charge in [-0.25, -0.2) is 4.79 Å². The lowest BCUT2D eigenvalue weighted by atomic mass is 10.1. The van der Waals surface area contributed by atoms with Crippen molar-refractivity contribution in [2.24, 2.45) is 0 Å². The van der Waals surface area contributed by atoms with Gasteiger partial charge in [0.15, 0.2) is 0 Å². The lowest BCUT2D eigenvalue weighted by molar-refractivity contribution is -0.384. The summed E-state index contributed by atoms with van der Waals surface area (Å²) in [6, 6.07) is 5.07. The Morgan fingerprint density at radius 3 is 2.46 bits per heavy atom. The largest absolute Gasteiger partial charge is 0.465 e. The quantitative estimate of drug-likeness (QED) is 0.432. The van der Waals surface area contributed by atoms with E-state index in [2.05, 4.69) is 10.6 Å². The van der Waals surface area contributed by atoms with E-state index in [0.717, 1.165) is 17.4 Å². The van der Waals surface area contributed by atoms with Crippen LogP contribution < -0.4 is 10.6 Å². The van der Waals surface area contributed by atoms with E-state index >= 15 is 0 Å². The third-order valence-corrected chi connectivity index (χ3v) is 4.91. The molecule has 0 bridgehead atoms. The Labute approximate surface area is 164 Å². The van der Waals surface area contributed by atoms with Crippen molar-refractivity contribution in [3.63, 3.8) is 0 Å². The predicted octanol–water partition coefficient (Wildman–Crippen LogP) is 3.14. The van der Waals surface area contributed by atoms with E-state index in [-0.39, 0.29) is 38.6 Å². The van der Waals surface area contributed by atoms with Gasteiger partial charge in [-0.15, -0.1) is 11.3 Å². The topological polar surface area (TPSA) is 128 Å². The van der Waals surface area contributed by atoms with Crippen molar-refractivity contribution in [3.05, 3.63) is 55.9 Å². The van der Waals surface area contributed by atoms with Crippen molar-refractivity contribution in [3.8, 4) is 0 Å². The monoisotopic (exact) mass is 405 g/mol. The van der Waals surface area contributed by atoms with Crippen LogP contribution >= 0.6 is 11.3 Å². The molecule has 148 valence electrons. The minimum absolute atomic E-state index is 0.0456. The molecule has 1 aromatic heterocycles. The Bertz CT molecular complexity index is 951. The molecule has 9 nitrogen and oxygen atoms in total. The number of nitrogens with zero attached hydrogens (tertiary/aromatic N) is 1. The molecule has 0 fully saturated rings. The zero-order chi connectivity index (χ0) is 21.0. The van der Waals surface area contributed by atoms with Gasteiger partial charge in [-0.2, -0.15) is 0 Å². The van der Waals surface area contributed by atoms with Crippen molar-refractivity contribution >= 4 is 39.8 Å². The van der Waals surface area contributed by atoms with E-state index in [9.17, 15) is 24.5 Å². The van der Waals surface area contributed by atoms with Crippen LogP contribution in [0.4, 0.5) is 10.7 Å². The van der Waals surface area contributed by atoms with Gasteiger partial charge in [-0.05, 0) is 32.4 Å². The first-order valence-electron chi connectivity index (χ1n) is 8.24. The maximum absolute atomic E-state index is 12.5. The van der Waals surface area contributed by atoms with Gasteiger partial charge >= 0.3 is 5.97 Å². The molecule has 0 aliphatic carbocycles. The third kappa shape index (κ3) is 4.52. The van der Waals surface area contributed by atoms with Gasteiger partial charge in [-0.1, -0.05) is 6.07 Å². The minimum atomic E-state index is -0.702. The van der Waals surface area contributed by atoms with Crippen molar-refractivity contribution < 1.29 is 24.0 Å². The van der Waals surface area contributed by atoms with Crippen molar-refractivity contribution in [2.45, 2.75) is 26.8 Å². The smallest absolute Gasteiger partial charge is 0.341 e. The Hall–Kier alpha value is -3.27. The first kappa shape index (κ1) is 21.0. The summed E-state index contributed by atoms with van der Waals surface area (Å²) in [5.74, 6) is -1.73. The number of nitrogens with one attached hydrogen (secondary N) is 2. The second-order valence-corrected chi connectivity index (χ2v) is 7.16. The lowest BCUT2D eigenvalue weighted by Gasteiger charge is -2.07. The number of carbonyl (C=O) groups is 3. The number of hydrogen-bond donors (Lipinski definition) is 2. The zero-order valence-electron chi connectivity index (χ0n) is 15.7. The van der Waals surface area contributed by atoms with Crippen LogP contribution in [0.3, 0.4) is 0 Å². The molecule has 0 radical (unpaired) electrons. The second-order valence-electron chi connectivity index (χ2n) is 6.14. The predicted molar refractivity (Wildman–Crippen MR) is 104 cm³/mol. The summed E-state index contributed by atoms with van der Waals surface area (Å²) in [5.41, 5.74) is 0.258. The first-order chi connectivity index (χ1) is 13.1. The molecule has 0 aliphatic rings. The number of non-ortho nitro benzene ring substituents is 1. The Balaban J connectivity index is 2.42. The van der Waals surface area contributed by atoms with E-state index in [1.54, 1.807) is 20.8 Å². The Kier molecular flexibility index (Phi) is 6.47. The summed E-state index contributed by atoms with van der Waals surface area (Å²) in [4.78, 5) is 47.7. The second kappa shape index (κ2) is 8.61. The highest BCUT2D eigenvalue weighted by molar-refractivity contribution is 7.18.